The van der Waals surface area contributed by atoms with Crippen molar-refractivity contribution in [1.29, 1.82) is 0 Å². The molecule has 2 N–H and O–H groups in total. The van der Waals surface area contributed by atoms with Crippen LogP contribution in [0.15, 0.2) is 34.9 Å². The molecule has 0 atom stereocenters. The van der Waals surface area contributed by atoms with E-state index in [9.17, 15) is 4.79 Å². The molecule has 0 radical (unpaired) electrons. The second-order valence-corrected chi connectivity index (χ2v) is 7.09. The molecule has 1 amide bonds. The van der Waals surface area contributed by atoms with Gasteiger partial charge >= 0.3 is 0 Å². The molecule has 0 aliphatic rings. The molecule has 158 valence electrons. The van der Waals surface area contributed by atoms with Gasteiger partial charge in [0.25, 0.3) is 0 Å². The van der Waals surface area contributed by atoms with Crippen molar-refractivity contribution in [3.05, 3.63) is 53.0 Å². The first-order chi connectivity index (χ1) is 14.4. The van der Waals surface area contributed by atoms with Crippen molar-refractivity contribution in [3.63, 3.8) is 0 Å². The zero-order chi connectivity index (χ0) is 21.7. The van der Waals surface area contributed by atoms with Crippen LogP contribution >= 0.6 is 0 Å². The van der Waals surface area contributed by atoms with E-state index >= 15 is 0 Å². The van der Waals surface area contributed by atoms with E-state index in [4.69, 9.17) is 4.52 Å². The van der Waals surface area contributed by atoms with Gasteiger partial charge in [-0.15, -0.1) is 0 Å². The second-order valence-electron chi connectivity index (χ2n) is 7.09. The number of benzene rings is 1. The van der Waals surface area contributed by atoms with Crippen LogP contribution in [0.4, 0.5) is 23.1 Å². The lowest BCUT2D eigenvalue weighted by atomic mass is 10.1. The zero-order valence-electron chi connectivity index (χ0n) is 18.1. The van der Waals surface area contributed by atoms with E-state index in [0.29, 0.717) is 17.4 Å². The van der Waals surface area contributed by atoms with Crippen LogP contribution in [0.5, 0.6) is 0 Å². The summed E-state index contributed by atoms with van der Waals surface area (Å²) < 4.78 is 5.11. The van der Waals surface area contributed by atoms with E-state index < -0.39 is 0 Å². The molecular weight excluding hydrogens is 380 g/mol. The fraction of sp³-hybridized carbons (Fsp3) is 0.364. The number of aryl methyl sites for hydroxylation is 3. The number of nitrogens with one attached hydrogen (secondary N) is 2. The minimum absolute atomic E-state index is 0.115. The Bertz CT molecular complexity index is 989. The third-order valence-corrected chi connectivity index (χ3v) is 4.87. The quantitative estimate of drug-likeness (QED) is 0.578. The van der Waals surface area contributed by atoms with Crippen molar-refractivity contribution in [2.24, 2.45) is 0 Å². The number of hydrogen-bond donors (Lipinski definition) is 2. The summed E-state index contributed by atoms with van der Waals surface area (Å²) in [7, 11) is 0. The maximum Gasteiger partial charge on any atom is 0.229 e. The Balaban J connectivity index is 1.65. The Morgan fingerprint density at radius 3 is 2.30 bits per heavy atom. The van der Waals surface area contributed by atoms with E-state index in [1.807, 2.05) is 51.1 Å². The molecule has 3 rings (SSSR count). The van der Waals surface area contributed by atoms with E-state index in [1.54, 1.807) is 0 Å². The van der Waals surface area contributed by atoms with Gasteiger partial charge in [0.15, 0.2) is 0 Å². The number of rotatable bonds is 8. The van der Waals surface area contributed by atoms with Crippen molar-refractivity contribution in [2.45, 2.75) is 41.0 Å². The minimum atomic E-state index is -0.115. The predicted octanol–water partition coefficient (Wildman–Crippen LogP) is 4.16. The van der Waals surface area contributed by atoms with Crippen molar-refractivity contribution in [2.75, 3.05) is 28.6 Å². The Hall–Kier alpha value is -3.42. The first-order valence-electron chi connectivity index (χ1n) is 10.1. The Morgan fingerprint density at radius 1 is 1.03 bits per heavy atom. The molecule has 0 fully saturated rings. The summed E-state index contributed by atoms with van der Waals surface area (Å²) in [6, 6.07) is 9.43. The molecule has 0 aliphatic carbocycles. The third kappa shape index (κ3) is 5.14. The van der Waals surface area contributed by atoms with Gasteiger partial charge in [0.05, 0.1) is 12.1 Å². The fourth-order valence-corrected chi connectivity index (χ4v) is 3.20. The van der Waals surface area contributed by atoms with Crippen LogP contribution in [-0.2, 0) is 11.2 Å². The molecule has 8 heteroatoms. The summed E-state index contributed by atoms with van der Waals surface area (Å²) in [4.78, 5) is 23.6. The molecule has 2 heterocycles. The first kappa shape index (κ1) is 21.3. The van der Waals surface area contributed by atoms with E-state index in [-0.39, 0.29) is 12.3 Å². The zero-order valence-corrected chi connectivity index (χ0v) is 18.1. The van der Waals surface area contributed by atoms with Crippen molar-refractivity contribution in [3.8, 4) is 0 Å². The smallest absolute Gasteiger partial charge is 0.229 e. The lowest BCUT2D eigenvalue weighted by Gasteiger charge is -2.20. The summed E-state index contributed by atoms with van der Waals surface area (Å²) in [6.07, 6.45) is 0.229. The highest BCUT2D eigenvalue weighted by atomic mass is 16.5. The van der Waals surface area contributed by atoms with E-state index in [0.717, 1.165) is 41.5 Å². The summed E-state index contributed by atoms with van der Waals surface area (Å²) in [5.41, 5.74) is 4.02. The molecule has 0 spiro atoms. The number of aromatic nitrogens is 3. The first-order valence-corrected chi connectivity index (χ1v) is 10.1. The van der Waals surface area contributed by atoms with Gasteiger partial charge in [-0.2, -0.15) is 4.98 Å². The molecule has 0 saturated heterocycles. The third-order valence-electron chi connectivity index (χ3n) is 4.87. The molecule has 2 aromatic heterocycles. The molecule has 0 bridgehead atoms. The molecule has 30 heavy (non-hydrogen) atoms. The molecular formula is C22H28N6O2. The van der Waals surface area contributed by atoms with E-state index in [1.165, 1.54) is 0 Å². The van der Waals surface area contributed by atoms with Gasteiger partial charge in [-0.25, -0.2) is 4.98 Å². The van der Waals surface area contributed by atoms with Gasteiger partial charge < -0.3 is 20.1 Å². The molecule has 0 aliphatic heterocycles. The Morgan fingerprint density at radius 2 is 1.70 bits per heavy atom. The maximum atomic E-state index is 12.3. The number of carbonyl (C=O) groups is 1. The van der Waals surface area contributed by atoms with Gasteiger partial charge in [0.2, 0.25) is 11.9 Å². The molecule has 8 nitrogen and oxygen atoms in total. The monoisotopic (exact) mass is 408 g/mol. The van der Waals surface area contributed by atoms with Crippen LogP contribution in [0.3, 0.4) is 0 Å². The van der Waals surface area contributed by atoms with Crippen LogP contribution in [0.25, 0.3) is 0 Å². The van der Waals surface area contributed by atoms with Crippen LogP contribution in [0, 0.1) is 20.8 Å². The topological polar surface area (TPSA) is 96.2 Å². The number of anilines is 4. The number of hydrogen-bond acceptors (Lipinski definition) is 7. The lowest BCUT2D eigenvalue weighted by Crippen LogP contribution is -2.23. The SMILES string of the molecule is CCN(CC)c1cc(C)nc(Nc2ccc(NC(=O)Cc3c(C)noc3C)cc2)n1. The number of amides is 1. The Labute approximate surface area is 176 Å². The molecule has 0 unspecified atom stereocenters. The van der Waals surface area contributed by atoms with Crippen LogP contribution in [-0.4, -0.2) is 34.1 Å². The Kier molecular flexibility index (Phi) is 6.66. The van der Waals surface area contributed by atoms with Gasteiger partial charge in [0, 0.05) is 41.8 Å². The van der Waals surface area contributed by atoms with Crippen molar-refractivity contribution in [1.82, 2.24) is 15.1 Å². The number of nitrogens with zero attached hydrogens (tertiary/aromatic N) is 4. The van der Waals surface area contributed by atoms with Gasteiger partial charge in [-0.05, 0) is 58.9 Å². The highest BCUT2D eigenvalue weighted by molar-refractivity contribution is 5.92. The minimum Gasteiger partial charge on any atom is -0.361 e. The normalized spacial score (nSPS) is 10.7. The maximum absolute atomic E-state index is 12.3. The summed E-state index contributed by atoms with van der Waals surface area (Å²) in [6.45, 7) is 11.6. The van der Waals surface area contributed by atoms with Gasteiger partial charge in [0.1, 0.15) is 11.6 Å². The second kappa shape index (κ2) is 9.39. The van der Waals surface area contributed by atoms with Crippen LogP contribution < -0.4 is 15.5 Å². The summed E-state index contributed by atoms with van der Waals surface area (Å²) in [5, 5.41) is 10.0. The van der Waals surface area contributed by atoms with Crippen LogP contribution in [0.1, 0.15) is 36.6 Å². The fourth-order valence-electron chi connectivity index (χ4n) is 3.20. The van der Waals surface area contributed by atoms with Crippen LogP contribution in [0.2, 0.25) is 0 Å². The number of carbonyl (C=O) groups excluding carboxylic acids is 1. The molecule has 1 aromatic carbocycles. The van der Waals surface area contributed by atoms with Gasteiger partial charge in [-0.1, -0.05) is 5.16 Å². The highest BCUT2D eigenvalue weighted by Gasteiger charge is 2.13. The standard InChI is InChI=1S/C22H28N6O2/c1-6-28(7-2)20-12-14(3)23-22(26-20)25-18-10-8-17(9-11-18)24-21(29)13-19-15(4)27-30-16(19)5/h8-12H,6-7,13H2,1-5H3,(H,24,29)(H,23,25,26). The summed E-state index contributed by atoms with van der Waals surface area (Å²) >= 11 is 0. The van der Waals surface area contributed by atoms with Gasteiger partial charge in [-0.3, -0.25) is 4.79 Å². The van der Waals surface area contributed by atoms with Crippen molar-refractivity contribution >= 4 is 29.0 Å². The predicted molar refractivity (Wildman–Crippen MR) is 118 cm³/mol. The van der Waals surface area contributed by atoms with Crippen molar-refractivity contribution < 1.29 is 9.32 Å². The molecule has 0 saturated carbocycles. The average molecular weight is 409 g/mol. The average Bonchev–Trinajstić information content (AvgIpc) is 3.02. The largest absolute Gasteiger partial charge is 0.361 e. The summed E-state index contributed by atoms with van der Waals surface area (Å²) in [5.74, 6) is 2.01. The highest BCUT2D eigenvalue weighted by Crippen LogP contribution is 2.20. The lowest BCUT2D eigenvalue weighted by molar-refractivity contribution is -0.115. The van der Waals surface area contributed by atoms with E-state index in [2.05, 4.69) is 44.5 Å². The molecule has 3 aromatic rings.